The highest BCUT2D eigenvalue weighted by molar-refractivity contribution is 5.96. The van der Waals surface area contributed by atoms with Crippen LogP contribution in [0.5, 0.6) is 5.75 Å². The number of carboxylic acid groups (broad SMARTS) is 1. The number of amides is 1. The van der Waals surface area contributed by atoms with Crippen LogP contribution in [0.25, 0.3) is 0 Å². The minimum Gasteiger partial charge on any atom is -0.550 e. The van der Waals surface area contributed by atoms with Crippen LogP contribution in [0.15, 0.2) is 24.3 Å². The Balaban J connectivity index is 2.34. The monoisotopic (exact) mass is 278 g/mol. The van der Waals surface area contributed by atoms with Crippen molar-refractivity contribution in [2.75, 3.05) is 13.2 Å². The van der Waals surface area contributed by atoms with Crippen molar-refractivity contribution in [3.8, 4) is 5.75 Å². The molecule has 1 aromatic carbocycles. The predicted octanol–water partition coefficient (Wildman–Crippen LogP) is 1.13. The van der Waals surface area contributed by atoms with Gasteiger partial charge in [-0.2, -0.15) is 0 Å². The molecular formula is C15H20NO4-. The number of carbonyl (C=O) groups excluding carboxylic acids is 2. The van der Waals surface area contributed by atoms with E-state index < -0.39 is 5.97 Å². The number of para-hydroxylation sites is 1. The quantitative estimate of drug-likeness (QED) is 0.687. The van der Waals surface area contributed by atoms with Crippen molar-refractivity contribution in [2.24, 2.45) is 0 Å². The summed E-state index contributed by atoms with van der Waals surface area (Å²) in [5.41, 5.74) is 0.518. The number of benzene rings is 1. The molecule has 0 saturated heterocycles. The molecule has 5 heteroatoms. The molecule has 0 aliphatic carbocycles. The molecule has 0 heterocycles. The van der Waals surface area contributed by atoms with Gasteiger partial charge in [-0.1, -0.05) is 18.6 Å². The number of aliphatic carboxylic acids is 1. The molecule has 5 nitrogen and oxygen atoms in total. The molecule has 20 heavy (non-hydrogen) atoms. The van der Waals surface area contributed by atoms with Gasteiger partial charge in [0, 0.05) is 12.5 Å². The third kappa shape index (κ3) is 5.73. The first-order valence-electron chi connectivity index (χ1n) is 6.85. The van der Waals surface area contributed by atoms with E-state index in [9.17, 15) is 14.7 Å². The van der Waals surface area contributed by atoms with Gasteiger partial charge in [0.2, 0.25) is 0 Å². The Kier molecular flexibility index (Phi) is 7.17. The maximum absolute atomic E-state index is 12.0. The van der Waals surface area contributed by atoms with E-state index in [1.807, 2.05) is 13.0 Å². The van der Waals surface area contributed by atoms with Gasteiger partial charge in [0.05, 0.1) is 12.2 Å². The lowest BCUT2D eigenvalue weighted by Gasteiger charge is -2.10. The Morgan fingerprint density at radius 3 is 2.65 bits per heavy atom. The summed E-state index contributed by atoms with van der Waals surface area (Å²) in [6.07, 6.45) is 2.14. The van der Waals surface area contributed by atoms with Crippen LogP contribution in [-0.2, 0) is 4.79 Å². The largest absolute Gasteiger partial charge is 0.550 e. The fraction of sp³-hybridized carbons (Fsp3) is 0.467. The standard InChI is InChI=1S/C15H21NO4/c1-2-20-13-9-6-5-8-12(13)15(19)16-11-7-3-4-10-14(17)18/h5-6,8-9H,2-4,7,10-11H2,1H3,(H,16,19)(H,17,18)/p-1. The molecule has 1 amide bonds. The number of nitrogens with one attached hydrogen (secondary N) is 1. The number of hydrogen-bond acceptors (Lipinski definition) is 4. The van der Waals surface area contributed by atoms with Gasteiger partial charge in [-0.05, 0) is 38.3 Å². The molecule has 0 bridgehead atoms. The number of hydrogen-bond donors (Lipinski definition) is 1. The lowest BCUT2D eigenvalue weighted by atomic mass is 10.1. The van der Waals surface area contributed by atoms with Gasteiger partial charge in [-0.3, -0.25) is 4.79 Å². The number of ether oxygens (including phenoxy) is 1. The zero-order valence-corrected chi connectivity index (χ0v) is 11.7. The zero-order chi connectivity index (χ0) is 14.8. The van der Waals surface area contributed by atoms with Crippen LogP contribution >= 0.6 is 0 Å². The second-order valence-electron chi connectivity index (χ2n) is 4.37. The first-order valence-corrected chi connectivity index (χ1v) is 6.85. The Morgan fingerprint density at radius 2 is 1.95 bits per heavy atom. The first kappa shape index (κ1) is 16.0. The molecule has 0 saturated carbocycles. The van der Waals surface area contributed by atoms with Gasteiger partial charge in [0.25, 0.3) is 5.91 Å². The van der Waals surface area contributed by atoms with Crippen LogP contribution in [0.4, 0.5) is 0 Å². The molecule has 1 rings (SSSR count). The van der Waals surface area contributed by atoms with E-state index >= 15 is 0 Å². The third-order valence-electron chi connectivity index (χ3n) is 2.77. The van der Waals surface area contributed by atoms with Crippen molar-refractivity contribution in [3.63, 3.8) is 0 Å². The van der Waals surface area contributed by atoms with Crippen LogP contribution in [0.1, 0.15) is 43.0 Å². The molecule has 0 aliphatic heterocycles. The van der Waals surface area contributed by atoms with Crippen LogP contribution < -0.4 is 15.2 Å². The maximum atomic E-state index is 12.0. The molecule has 0 spiro atoms. The molecule has 1 aromatic rings. The highest BCUT2D eigenvalue weighted by atomic mass is 16.5. The second kappa shape index (κ2) is 8.96. The van der Waals surface area contributed by atoms with Gasteiger partial charge in [0.15, 0.2) is 0 Å². The van der Waals surface area contributed by atoms with E-state index in [1.165, 1.54) is 0 Å². The number of rotatable bonds is 9. The van der Waals surface area contributed by atoms with Crippen LogP contribution in [0, 0.1) is 0 Å². The Morgan fingerprint density at radius 1 is 1.20 bits per heavy atom. The Hall–Kier alpha value is -2.04. The zero-order valence-electron chi connectivity index (χ0n) is 11.7. The van der Waals surface area contributed by atoms with Crippen molar-refractivity contribution >= 4 is 11.9 Å². The molecule has 0 unspecified atom stereocenters. The minimum atomic E-state index is -1.03. The summed E-state index contributed by atoms with van der Waals surface area (Å²) in [5.74, 6) is -0.627. The summed E-state index contributed by atoms with van der Waals surface area (Å²) >= 11 is 0. The average Bonchev–Trinajstić information content (AvgIpc) is 2.43. The van der Waals surface area contributed by atoms with E-state index in [-0.39, 0.29) is 12.3 Å². The lowest BCUT2D eigenvalue weighted by molar-refractivity contribution is -0.305. The second-order valence-corrected chi connectivity index (χ2v) is 4.37. The number of carboxylic acids is 1. The molecule has 0 radical (unpaired) electrons. The molecule has 1 N–H and O–H groups in total. The van der Waals surface area contributed by atoms with Gasteiger partial charge in [0.1, 0.15) is 5.75 Å². The Bertz CT molecular complexity index is 445. The highest BCUT2D eigenvalue weighted by Gasteiger charge is 2.10. The van der Waals surface area contributed by atoms with Crippen molar-refractivity contribution in [2.45, 2.75) is 32.6 Å². The molecule has 110 valence electrons. The van der Waals surface area contributed by atoms with Crippen molar-refractivity contribution in [3.05, 3.63) is 29.8 Å². The number of carbonyl (C=O) groups is 2. The lowest BCUT2D eigenvalue weighted by Crippen LogP contribution is -2.25. The molecule has 0 fully saturated rings. The molecular weight excluding hydrogens is 258 g/mol. The van der Waals surface area contributed by atoms with E-state index in [0.29, 0.717) is 30.9 Å². The molecule has 0 aliphatic rings. The van der Waals surface area contributed by atoms with Gasteiger partial charge in [-0.25, -0.2) is 0 Å². The van der Waals surface area contributed by atoms with Gasteiger partial charge in [-0.15, -0.1) is 0 Å². The fourth-order valence-corrected chi connectivity index (χ4v) is 1.80. The summed E-state index contributed by atoms with van der Waals surface area (Å²) in [6.45, 7) is 2.89. The van der Waals surface area contributed by atoms with Crippen LogP contribution in [0.3, 0.4) is 0 Å². The topological polar surface area (TPSA) is 78.5 Å². The van der Waals surface area contributed by atoms with E-state index in [0.717, 1.165) is 12.8 Å². The molecule has 0 aromatic heterocycles. The van der Waals surface area contributed by atoms with E-state index in [2.05, 4.69) is 5.32 Å². The molecule has 0 atom stereocenters. The Labute approximate surface area is 118 Å². The summed E-state index contributed by atoms with van der Waals surface area (Å²) in [5, 5.41) is 13.0. The summed E-state index contributed by atoms with van der Waals surface area (Å²) in [6, 6.07) is 7.09. The summed E-state index contributed by atoms with van der Waals surface area (Å²) in [4.78, 5) is 22.2. The predicted molar refractivity (Wildman–Crippen MR) is 73.4 cm³/mol. The van der Waals surface area contributed by atoms with Crippen molar-refractivity contribution in [1.82, 2.24) is 5.32 Å². The van der Waals surface area contributed by atoms with Gasteiger partial charge < -0.3 is 20.0 Å². The SMILES string of the molecule is CCOc1ccccc1C(=O)NCCCCCC(=O)[O-]. The smallest absolute Gasteiger partial charge is 0.255 e. The summed E-state index contributed by atoms with van der Waals surface area (Å²) < 4.78 is 5.40. The summed E-state index contributed by atoms with van der Waals surface area (Å²) in [7, 11) is 0. The normalized spacial score (nSPS) is 10.1. The highest BCUT2D eigenvalue weighted by Crippen LogP contribution is 2.17. The van der Waals surface area contributed by atoms with E-state index in [4.69, 9.17) is 4.74 Å². The van der Waals surface area contributed by atoms with Crippen LogP contribution in [-0.4, -0.2) is 25.0 Å². The average molecular weight is 278 g/mol. The van der Waals surface area contributed by atoms with Crippen LogP contribution in [0.2, 0.25) is 0 Å². The number of unbranched alkanes of at least 4 members (excludes halogenated alkanes) is 2. The first-order chi connectivity index (χ1) is 9.65. The third-order valence-corrected chi connectivity index (χ3v) is 2.77. The fourth-order valence-electron chi connectivity index (χ4n) is 1.80. The maximum Gasteiger partial charge on any atom is 0.255 e. The van der Waals surface area contributed by atoms with Gasteiger partial charge >= 0.3 is 0 Å². The minimum absolute atomic E-state index is 0.0706. The van der Waals surface area contributed by atoms with Crippen molar-refractivity contribution in [1.29, 1.82) is 0 Å². The van der Waals surface area contributed by atoms with E-state index in [1.54, 1.807) is 18.2 Å². The van der Waals surface area contributed by atoms with Crippen molar-refractivity contribution < 1.29 is 19.4 Å².